The van der Waals surface area contributed by atoms with Gasteiger partial charge >= 0.3 is 5.97 Å². The third-order valence-corrected chi connectivity index (χ3v) is 3.97. The van der Waals surface area contributed by atoms with Crippen LogP contribution in [0.5, 0.6) is 0 Å². The predicted octanol–water partition coefficient (Wildman–Crippen LogP) is 3.50. The number of esters is 1. The average Bonchev–Trinajstić information content (AvgIpc) is 2.94. The second kappa shape index (κ2) is 4.86. The number of carbonyl (C=O) groups is 1. The van der Waals surface area contributed by atoms with Crippen LogP contribution in [-0.4, -0.2) is 13.1 Å². The van der Waals surface area contributed by atoms with Crippen molar-refractivity contribution in [2.75, 3.05) is 12.8 Å². The highest BCUT2D eigenvalue weighted by molar-refractivity contribution is 7.18. The van der Waals surface area contributed by atoms with E-state index in [4.69, 9.17) is 14.9 Å². The van der Waals surface area contributed by atoms with Gasteiger partial charge < -0.3 is 14.9 Å². The molecule has 18 heavy (non-hydrogen) atoms. The van der Waals surface area contributed by atoms with Crippen molar-refractivity contribution >= 4 is 23.0 Å². The molecule has 0 amide bonds. The van der Waals surface area contributed by atoms with Gasteiger partial charge in [-0.05, 0) is 17.5 Å². The third kappa shape index (κ3) is 2.01. The van der Waals surface area contributed by atoms with Gasteiger partial charge in [0.15, 0.2) is 0 Å². The van der Waals surface area contributed by atoms with E-state index in [0.717, 1.165) is 16.0 Å². The topological polar surface area (TPSA) is 65.5 Å². The molecule has 0 spiro atoms. The monoisotopic (exact) mass is 265 g/mol. The maximum atomic E-state index is 11.7. The molecule has 96 valence electrons. The van der Waals surface area contributed by atoms with Gasteiger partial charge in [-0.3, -0.25) is 0 Å². The van der Waals surface area contributed by atoms with Crippen LogP contribution in [0.3, 0.4) is 0 Å². The van der Waals surface area contributed by atoms with E-state index < -0.39 is 5.97 Å². The lowest BCUT2D eigenvalue weighted by Gasteiger charge is -2.07. The zero-order valence-corrected chi connectivity index (χ0v) is 11.3. The van der Waals surface area contributed by atoms with Crippen LogP contribution >= 0.6 is 11.3 Å². The molecule has 0 saturated heterocycles. The van der Waals surface area contributed by atoms with E-state index in [0.29, 0.717) is 10.6 Å². The van der Waals surface area contributed by atoms with E-state index in [-0.39, 0.29) is 5.92 Å². The second-order valence-corrected chi connectivity index (χ2v) is 5.27. The Bertz CT molecular complexity index is 555. The summed E-state index contributed by atoms with van der Waals surface area (Å²) in [6, 6.07) is 1.86. The molecular weight excluding hydrogens is 250 g/mol. The molecule has 2 heterocycles. The molecule has 0 radical (unpaired) electrons. The minimum atomic E-state index is -0.394. The maximum absolute atomic E-state index is 11.7. The van der Waals surface area contributed by atoms with Crippen LogP contribution in [0.2, 0.25) is 0 Å². The van der Waals surface area contributed by atoms with Gasteiger partial charge in [0.25, 0.3) is 0 Å². The summed E-state index contributed by atoms with van der Waals surface area (Å²) in [5, 5.41) is 0. The van der Waals surface area contributed by atoms with E-state index in [9.17, 15) is 4.79 Å². The fraction of sp³-hybridized carbons (Fsp3) is 0.308. The molecule has 0 aliphatic carbocycles. The number of carbonyl (C=O) groups excluding carboxylic acids is 1. The molecule has 2 N–H and O–H groups in total. The number of thiophene rings is 1. The van der Waals surface area contributed by atoms with Crippen LogP contribution in [0.15, 0.2) is 23.0 Å². The molecular formula is C13H15NO3S. The standard InChI is InChI=1S/C13H15NO3S/c1-7(2)9-10(14)12(13(15)16-3)18-11(9)8-4-5-17-6-8/h4-7H,14H2,1-3H3. The summed E-state index contributed by atoms with van der Waals surface area (Å²) in [6.07, 6.45) is 3.26. The second-order valence-electron chi connectivity index (χ2n) is 4.25. The van der Waals surface area contributed by atoms with Gasteiger partial charge in [-0.15, -0.1) is 11.3 Å². The van der Waals surface area contributed by atoms with Crippen molar-refractivity contribution in [3.63, 3.8) is 0 Å². The first-order valence-electron chi connectivity index (χ1n) is 5.59. The number of nitrogens with two attached hydrogens (primary N) is 1. The number of hydrogen-bond donors (Lipinski definition) is 1. The molecule has 0 unspecified atom stereocenters. The van der Waals surface area contributed by atoms with E-state index in [1.807, 2.05) is 19.9 Å². The highest BCUT2D eigenvalue weighted by Crippen LogP contribution is 2.42. The van der Waals surface area contributed by atoms with Crippen LogP contribution in [0.1, 0.15) is 35.0 Å². The van der Waals surface area contributed by atoms with Crippen molar-refractivity contribution in [2.24, 2.45) is 0 Å². The SMILES string of the molecule is COC(=O)c1sc(-c2ccoc2)c(C(C)C)c1N. The lowest BCUT2D eigenvalue weighted by Crippen LogP contribution is -2.03. The Morgan fingerprint density at radius 3 is 2.72 bits per heavy atom. The maximum Gasteiger partial charge on any atom is 0.350 e. The highest BCUT2D eigenvalue weighted by atomic mass is 32.1. The van der Waals surface area contributed by atoms with E-state index in [2.05, 4.69) is 0 Å². The number of furan rings is 1. The first kappa shape index (κ1) is 12.7. The summed E-state index contributed by atoms with van der Waals surface area (Å²) in [5.41, 5.74) is 8.49. The smallest absolute Gasteiger partial charge is 0.350 e. The van der Waals surface area contributed by atoms with E-state index in [1.54, 1.807) is 12.5 Å². The first-order chi connectivity index (χ1) is 8.56. The van der Waals surface area contributed by atoms with Gasteiger partial charge in [0.05, 0.1) is 25.3 Å². The van der Waals surface area contributed by atoms with Crippen LogP contribution < -0.4 is 5.73 Å². The number of hydrogen-bond acceptors (Lipinski definition) is 5. The van der Waals surface area contributed by atoms with Crippen molar-refractivity contribution < 1.29 is 13.9 Å². The van der Waals surface area contributed by atoms with Crippen LogP contribution in [0.4, 0.5) is 5.69 Å². The molecule has 0 saturated carbocycles. The van der Waals surface area contributed by atoms with Crippen molar-refractivity contribution in [1.29, 1.82) is 0 Å². The fourth-order valence-corrected chi connectivity index (χ4v) is 3.16. The number of methoxy groups -OCH3 is 1. The summed E-state index contributed by atoms with van der Waals surface area (Å²) in [6.45, 7) is 4.09. The van der Waals surface area contributed by atoms with Crippen molar-refractivity contribution in [1.82, 2.24) is 0 Å². The Labute approximate surface area is 109 Å². The number of rotatable bonds is 3. The molecule has 2 rings (SSSR count). The molecule has 4 nitrogen and oxygen atoms in total. The van der Waals surface area contributed by atoms with Gasteiger partial charge in [-0.2, -0.15) is 0 Å². The third-order valence-electron chi connectivity index (χ3n) is 2.72. The molecule has 2 aromatic heterocycles. The average molecular weight is 265 g/mol. The largest absolute Gasteiger partial charge is 0.472 e. The Kier molecular flexibility index (Phi) is 3.43. The van der Waals surface area contributed by atoms with Crippen LogP contribution in [0, 0.1) is 0 Å². The quantitative estimate of drug-likeness (QED) is 0.862. The minimum Gasteiger partial charge on any atom is -0.472 e. The predicted molar refractivity (Wildman–Crippen MR) is 71.9 cm³/mol. The summed E-state index contributed by atoms with van der Waals surface area (Å²) >= 11 is 1.35. The molecule has 0 atom stereocenters. The summed E-state index contributed by atoms with van der Waals surface area (Å²) in [4.78, 5) is 13.1. The Morgan fingerprint density at radius 1 is 1.50 bits per heavy atom. The van der Waals surface area contributed by atoms with E-state index in [1.165, 1.54) is 18.4 Å². The van der Waals surface area contributed by atoms with Gasteiger partial charge in [0.2, 0.25) is 0 Å². The molecule has 2 aromatic rings. The number of anilines is 1. The zero-order chi connectivity index (χ0) is 13.3. The Morgan fingerprint density at radius 2 is 2.22 bits per heavy atom. The highest BCUT2D eigenvalue weighted by Gasteiger charge is 2.24. The van der Waals surface area contributed by atoms with Gasteiger partial charge in [-0.1, -0.05) is 13.8 Å². The van der Waals surface area contributed by atoms with Gasteiger partial charge in [-0.25, -0.2) is 4.79 Å². The minimum absolute atomic E-state index is 0.226. The zero-order valence-electron chi connectivity index (χ0n) is 10.5. The molecule has 0 aromatic carbocycles. The van der Waals surface area contributed by atoms with E-state index >= 15 is 0 Å². The van der Waals surface area contributed by atoms with Crippen LogP contribution in [-0.2, 0) is 4.74 Å². The lowest BCUT2D eigenvalue weighted by atomic mass is 9.99. The fourth-order valence-electron chi connectivity index (χ4n) is 1.88. The lowest BCUT2D eigenvalue weighted by molar-refractivity contribution is 0.0607. The first-order valence-corrected chi connectivity index (χ1v) is 6.41. The molecule has 0 fully saturated rings. The van der Waals surface area contributed by atoms with Crippen LogP contribution in [0.25, 0.3) is 10.4 Å². The molecule has 0 aliphatic heterocycles. The number of nitrogen functional groups attached to an aromatic ring is 1. The van der Waals surface area contributed by atoms with Gasteiger partial charge in [0.1, 0.15) is 4.88 Å². The summed E-state index contributed by atoms with van der Waals surface area (Å²) < 4.78 is 9.84. The Balaban J connectivity index is 2.62. The van der Waals surface area contributed by atoms with Crippen molar-refractivity contribution in [3.8, 4) is 10.4 Å². The normalized spacial score (nSPS) is 10.9. The Hall–Kier alpha value is -1.75. The van der Waals surface area contributed by atoms with Crippen molar-refractivity contribution in [2.45, 2.75) is 19.8 Å². The number of ether oxygens (including phenoxy) is 1. The van der Waals surface area contributed by atoms with Crippen molar-refractivity contribution in [3.05, 3.63) is 29.0 Å². The van der Waals surface area contributed by atoms with Gasteiger partial charge in [0, 0.05) is 10.4 Å². The molecule has 5 heteroatoms. The summed E-state index contributed by atoms with van der Waals surface area (Å²) in [5.74, 6) is -0.168. The molecule has 0 bridgehead atoms. The summed E-state index contributed by atoms with van der Waals surface area (Å²) in [7, 11) is 1.36. The molecule has 0 aliphatic rings.